The normalized spacial score (nSPS) is 23.9. The van der Waals surface area contributed by atoms with Gasteiger partial charge in [0.05, 0.1) is 23.7 Å². The topological polar surface area (TPSA) is 119 Å². The molecule has 2 atom stereocenters. The number of benzene rings is 1. The predicted molar refractivity (Wildman–Crippen MR) is 75.9 cm³/mol. The van der Waals surface area contributed by atoms with Gasteiger partial charge in [-0.1, -0.05) is 0 Å². The molecule has 20 heavy (non-hydrogen) atoms. The Hall–Kier alpha value is -1.35. The number of anilines is 2. The maximum Gasteiger partial charge on any atom is 0.238 e. The summed E-state index contributed by atoms with van der Waals surface area (Å²) >= 11 is 0. The van der Waals surface area contributed by atoms with E-state index in [9.17, 15) is 13.5 Å². The molecule has 1 heterocycles. The molecular weight excluding hydrogens is 282 g/mol. The number of hydrogen-bond acceptors (Lipinski definition) is 6. The monoisotopic (exact) mass is 301 g/mol. The van der Waals surface area contributed by atoms with Gasteiger partial charge in [0, 0.05) is 24.5 Å². The zero-order valence-corrected chi connectivity index (χ0v) is 12.0. The molecule has 8 heteroatoms. The first kappa shape index (κ1) is 15.0. The molecule has 1 aromatic rings. The van der Waals surface area contributed by atoms with E-state index in [-0.39, 0.29) is 23.7 Å². The smallest absolute Gasteiger partial charge is 0.238 e. The van der Waals surface area contributed by atoms with Crippen molar-refractivity contribution in [1.82, 2.24) is 0 Å². The minimum atomic E-state index is -3.81. The summed E-state index contributed by atoms with van der Waals surface area (Å²) in [7, 11) is -3.81. The second-order valence-corrected chi connectivity index (χ2v) is 6.52. The Bertz CT molecular complexity index is 590. The van der Waals surface area contributed by atoms with Crippen LogP contribution in [-0.4, -0.2) is 45.4 Å². The second-order valence-electron chi connectivity index (χ2n) is 4.96. The molecule has 5 N–H and O–H groups in total. The minimum Gasteiger partial charge on any atom is -0.399 e. The van der Waals surface area contributed by atoms with Gasteiger partial charge in [0.1, 0.15) is 0 Å². The molecule has 0 aliphatic carbocycles. The molecule has 0 amide bonds. The quantitative estimate of drug-likeness (QED) is 0.648. The molecule has 1 aliphatic heterocycles. The molecule has 1 saturated heterocycles. The van der Waals surface area contributed by atoms with Gasteiger partial charge in [0.2, 0.25) is 10.0 Å². The van der Waals surface area contributed by atoms with Gasteiger partial charge in [-0.3, -0.25) is 0 Å². The Kier molecular flexibility index (Phi) is 4.19. The number of hydrogen-bond donors (Lipinski definition) is 3. The highest BCUT2D eigenvalue weighted by molar-refractivity contribution is 7.89. The first-order valence-corrected chi connectivity index (χ1v) is 7.79. The number of nitrogens with two attached hydrogens (primary N) is 2. The van der Waals surface area contributed by atoms with Gasteiger partial charge in [0.15, 0.2) is 0 Å². The van der Waals surface area contributed by atoms with E-state index in [0.717, 1.165) is 0 Å². The summed E-state index contributed by atoms with van der Waals surface area (Å²) in [5.74, 6) is 0. The number of nitrogens with zero attached hydrogens (tertiary/aromatic N) is 1. The Balaban J connectivity index is 2.35. The van der Waals surface area contributed by atoms with Gasteiger partial charge in [-0.15, -0.1) is 0 Å². The van der Waals surface area contributed by atoms with Gasteiger partial charge in [-0.25, -0.2) is 13.6 Å². The lowest BCUT2D eigenvalue weighted by molar-refractivity contribution is -0.0421. The summed E-state index contributed by atoms with van der Waals surface area (Å²) in [4.78, 5) is 1.91. The Morgan fingerprint density at radius 3 is 2.70 bits per heavy atom. The van der Waals surface area contributed by atoms with E-state index in [0.29, 0.717) is 24.5 Å². The third-order valence-electron chi connectivity index (χ3n) is 3.14. The van der Waals surface area contributed by atoms with Gasteiger partial charge in [0.25, 0.3) is 0 Å². The zero-order chi connectivity index (χ0) is 14.9. The molecule has 1 aliphatic rings. The Morgan fingerprint density at radius 2 is 2.10 bits per heavy atom. The summed E-state index contributed by atoms with van der Waals surface area (Å²) in [6.45, 7) is 2.85. The van der Waals surface area contributed by atoms with Crippen LogP contribution in [0.4, 0.5) is 11.4 Å². The molecule has 0 aromatic heterocycles. The fourth-order valence-corrected chi connectivity index (χ4v) is 2.89. The molecule has 0 saturated carbocycles. The maximum absolute atomic E-state index is 11.4. The van der Waals surface area contributed by atoms with Gasteiger partial charge in [-0.2, -0.15) is 0 Å². The van der Waals surface area contributed by atoms with E-state index >= 15 is 0 Å². The van der Waals surface area contributed by atoms with Crippen molar-refractivity contribution in [3.05, 3.63) is 18.2 Å². The average molecular weight is 301 g/mol. The molecular formula is C12H19N3O4S. The predicted octanol–water partition coefficient (Wildman–Crippen LogP) is -0.498. The molecule has 7 nitrogen and oxygen atoms in total. The van der Waals surface area contributed by atoms with Crippen molar-refractivity contribution in [3.8, 4) is 0 Å². The zero-order valence-electron chi connectivity index (χ0n) is 11.2. The average Bonchev–Trinajstić information content (AvgIpc) is 2.36. The molecule has 2 unspecified atom stereocenters. The highest BCUT2D eigenvalue weighted by Gasteiger charge is 2.25. The maximum atomic E-state index is 11.4. The third kappa shape index (κ3) is 3.40. The van der Waals surface area contributed by atoms with Crippen molar-refractivity contribution in [2.24, 2.45) is 5.14 Å². The summed E-state index contributed by atoms with van der Waals surface area (Å²) in [6.07, 6.45) is -0.377. The van der Waals surface area contributed by atoms with E-state index in [2.05, 4.69) is 0 Å². The first-order chi connectivity index (χ1) is 9.29. The van der Waals surface area contributed by atoms with Crippen LogP contribution in [0.2, 0.25) is 0 Å². The summed E-state index contributed by atoms with van der Waals surface area (Å²) in [5, 5.41) is 14.4. The second kappa shape index (κ2) is 5.57. The first-order valence-electron chi connectivity index (χ1n) is 6.24. The van der Waals surface area contributed by atoms with Crippen LogP contribution in [0, 0.1) is 0 Å². The van der Waals surface area contributed by atoms with Gasteiger partial charge >= 0.3 is 0 Å². The lowest BCUT2D eigenvalue weighted by atomic mass is 10.2. The van der Waals surface area contributed by atoms with Crippen molar-refractivity contribution in [2.75, 3.05) is 30.3 Å². The highest BCUT2D eigenvalue weighted by Crippen LogP contribution is 2.26. The van der Waals surface area contributed by atoms with Crippen LogP contribution < -0.4 is 15.8 Å². The molecule has 112 valence electrons. The molecule has 0 spiro atoms. The number of aliphatic hydroxyl groups is 1. The van der Waals surface area contributed by atoms with E-state index in [1.54, 1.807) is 6.07 Å². The molecule has 0 radical (unpaired) electrons. The number of rotatable bonds is 3. The highest BCUT2D eigenvalue weighted by atomic mass is 32.2. The van der Waals surface area contributed by atoms with Crippen molar-refractivity contribution in [3.63, 3.8) is 0 Å². The fourth-order valence-electron chi connectivity index (χ4n) is 2.31. The van der Waals surface area contributed by atoms with Gasteiger partial charge < -0.3 is 20.5 Å². The van der Waals surface area contributed by atoms with E-state index < -0.39 is 10.0 Å². The SMILES string of the molecule is CC1CN(c2cc(N)cc(S(N)(=O)=O)c2)CC(CO)O1. The van der Waals surface area contributed by atoms with Crippen LogP contribution in [-0.2, 0) is 14.8 Å². The van der Waals surface area contributed by atoms with E-state index in [1.165, 1.54) is 12.1 Å². The van der Waals surface area contributed by atoms with Crippen molar-refractivity contribution >= 4 is 21.4 Å². The molecule has 1 aromatic carbocycles. The number of primary sulfonamides is 1. The summed E-state index contributed by atoms with van der Waals surface area (Å²) < 4.78 is 28.4. The Labute approximate surface area is 118 Å². The lowest BCUT2D eigenvalue weighted by Crippen LogP contribution is -2.48. The number of sulfonamides is 1. The summed E-state index contributed by atoms with van der Waals surface area (Å²) in [6, 6.07) is 4.49. The molecule has 0 bridgehead atoms. The summed E-state index contributed by atoms with van der Waals surface area (Å²) in [5.41, 5.74) is 6.72. The standard InChI is InChI=1S/C12H19N3O4S/c1-8-5-15(6-11(7-16)19-8)10-2-9(13)3-12(4-10)20(14,17)18/h2-4,8,11,16H,5-7,13H2,1H3,(H2,14,17,18). The third-order valence-corrected chi connectivity index (χ3v) is 4.03. The Morgan fingerprint density at radius 1 is 1.40 bits per heavy atom. The van der Waals surface area contributed by atoms with Crippen LogP contribution in [0.5, 0.6) is 0 Å². The van der Waals surface area contributed by atoms with Crippen LogP contribution in [0.25, 0.3) is 0 Å². The molecule has 2 rings (SSSR count). The number of morpholine rings is 1. The molecule has 1 fully saturated rings. The number of ether oxygens (including phenoxy) is 1. The lowest BCUT2D eigenvalue weighted by Gasteiger charge is -2.37. The van der Waals surface area contributed by atoms with Crippen molar-refractivity contribution < 1.29 is 18.3 Å². The van der Waals surface area contributed by atoms with Crippen LogP contribution >= 0.6 is 0 Å². The van der Waals surface area contributed by atoms with Gasteiger partial charge in [-0.05, 0) is 25.1 Å². The van der Waals surface area contributed by atoms with Crippen molar-refractivity contribution in [1.29, 1.82) is 0 Å². The van der Waals surface area contributed by atoms with Crippen LogP contribution in [0.3, 0.4) is 0 Å². The minimum absolute atomic E-state index is 0.0211. The van der Waals surface area contributed by atoms with Crippen molar-refractivity contribution in [2.45, 2.75) is 24.0 Å². The van der Waals surface area contributed by atoms with Crippen LogP contribution in [0.1, 0.15) is 6.92 Å². The van der Waals surface area contributed by atoms with E-state index in [4.69, 9.17) is 15.6 Å². The number of aliphatic hydroxyl groups excluding tert-OH is 1. The number of nitrogen functional groups attached to an aromatic ring is 1. The van der Waals surface area contributed by atoms with E-state index in [1.807, 2.05) is 11.8 Å². The fraction of sp³-hybridized carbons (Fsp3) is 0.500. The van der Waals surface area contributed by atoms with Crippen LogP contribution in [0.15, 0.2) is 23.1 Å². The largest absolute Gasteiger partial charge is 0.399 e.